The van der Waals surface area contributed by atoms with Gasteiger partial charge in [0.2, 0.25) is 0 Å². The third-order valence-corrected chi connectivity index (χ3v) is 6.47. The molecule has 0 radical (unpaired) electrons. The zero-order valence-corrected chi connectivity index (χ0v) is 16.4. The minimum Gasteiger partial charge on any atom is -0.442 e. The Kier molecular flexibility index (Phi) is 4.48. The molecule has 3 aliphatic heterocycles. The van der Waals surface area contributed by atoms with Gasteiger partial charge in [-0.1, -0.05) is 12.1 Å². The van der Waals surface area contributed by atoms with E-state index in [4.69, 9.17) is 9.47 Å². The maximum absolute atomic E-state index is 12.5. The highest BCUT2D eigenvalue weighted by Crippen LogP contribution is 2.35. The van der Waals surface area contributed by atoms with Crippen molar-refractivity contribution in [2.75, 3.05) is 49.2 Å². The number of imide groups is 1. The van der Waals surface area contributed by atoms with Gasteiger partial charge in [-0.05, 0) is 24.3 Å². The van der Waals surface area contributed by atoms with Crippen LogP contribution in [0.3, 0.4) is 0 Å². The summed E-state index contributed by atoms with van der Waals surface area (Å²) < 4.78 is 10.8. The number of cyclic esters (lactones) is 1. The molecule has 2 fully saturated rings. The lowest BCUT2D eigenvalue weighted by Gasteiger charge is -2.27. The van der Waals surface area contributed by atoms with E-state index in [1.54, 1.807) is 29.2 Å². The van der Waals surface area contributed by atoms with Crippen molar-refractivity contribution in [1.82, 2.24) is 4.90 Å². The summed E-state index contributed by atoms with van der Waals surface area (Å²) in [7, 11) is 0. The predicted octanol–water partition coefficient (Wildman–Crippen LogP) is 2.21. The number of amides is 3. The van der Waals surface area contributed by atoms with Crippen LogP contribution in [0.5, 0.6) is 0 Å². The first-order chi connectivity index (χ1) is 14.1. The number of carbonyl (C=O) groups excluding carboxylic acids is 3. The Labute approximate surface area is 171 Å². The molecule has 1 unspecified atom stereocenters. The van der Waals surface area contributed by atoms with Gasteiger partial charge in [-0.3, -0.25) is 19.4 Å². The zero-order chi connectivity index (χ0) is 20.0. The number of thiophene rings is 1. The maximum atomic E-state index is 12.5. The van der Waals surface area contributed by atoms with Gasteiger partial charge in [0, 0.05) is 13.1 Å². The maximum Gasteiger partial charge on any atom is 0.415 e. The van der Waals surface area contributed by atoms with E-state index in [0.717, 1.165) is 23.1 Å². The van der Waals surface area contributed by atoms with Crippen LogP contribution in [0.15, 0.2) is 36.4 Å². The molecule has 0 bridgehead atoms. The Morgan fingerprint density at radius 1 is 0.931 bits per heavy atom. The summed E-state index contributed by atoms with van der Waals surface area (Å²) in [6.45, 7) is 3.40. The fraction of sp³-hybridized carbons (Fsp3) is 0.350. The second kappa shape index (κ2) is 7.16. The van der Waals surface area contributed by atoms with E-state index in [9.17, 15) is 14.4 Å². The van der Waals surface area contributed by atoms with Crippen LogP contribution in [0.4, 0.5) is 14.8 Å². The number of ether oxygens (including phenoxy) is 2. The number of anilines is 2. The lowest BCUT2D eigenvalue weighted by atomic mass is 10.1. The molecule has 1 aromatic carbocycles. The normalized spacial score (nSPS) is 21.7. The van der Waals surface area contributed by atoms with Crippen LogP contribution in [0.2, 0.25) is 0 Å². The van der Waals surface area contributed by atoms with Crippen LogP contribution in [0.25, 0.3) is 0 Å². The van der Waals surface area contributed by atoms with E-state index in [1.165, 1.54) is 16.2 Å². The molecule has 0 N–H and O–H groups in total. The molecule has 3 amide bonds. The first-order valence-electron chi connectivity index (χ1n) is 9.48. The molecular weight excluding hydrogens is 394 g/mol. The summed E-state index contributed by atoms with van der Waals surface area (Å²) in [5.41, 5.74) is 0.791. The van der Waals surface area contributed by atoms with Gasteiger partial charge in [0.25, 0.3) is 11.8 Å². The van der Waals surface area contributed by atoms with Gasteiger partial charge in [-0.2, -0.15) is 0 Å². The van der Waals surface area contributed by atoms with E-state index in [1.807, 2.05) is 12.1 Å². The molecule has 2 saturated heterocycles. The van der Waals surface area contributed by atoms with Gasteiger partial charge in [-0.15, -0.1) is 11.3 Å². The molecule has 5 rings (SSSR count). The van der Waals surface area contributed by atoms with Crippen LogP contribution < -0.4 is 9.80 Å². The standard InChI is InChI=1S/C20H19N3O5S/c24-18-14-3-1-2-4-15(14)19(25)23(18)12-13-11-22(20(26)28-13)17-6-5-16(29-17)21-7-9-27-10-8-21/h1-6,13H,7-12H2. The Balaban J connectivity index is 1.27. The Bertz CT molecular complexity index is 949. The number of carbonyl (C=O) groups is 3. The third kappa shape index (κ3) is 3.16. The number of morpholine rings is 1. The highest BCUT2D eigenvalue weighted by atomic mass is 32.1. The molecule has 4 heterocycles. The first kappa shape index (κ1) is 18.1. The molecule has 29 heavy (non-hydrogen) atoms. The molecule has 2 aromatic rings. The van der Waals surface area contributed by atoms with Gasteiger partial charge in [0.05, 0.1) is 42.4 Å². The average Bonchev–Trinajstić information content (AvgIpc) is 3.43. The lowest BCUT2D eigenvalue weighted by Crippen LogP contribution is -2.38. The molecule has 9 heteroatoms. The van der Waals surface area contributed by atoms with E-state index in [2.05, 4.69) is 4.90 Å². The van der Waals surface area contributed by atoms with Crippen LogP contribution >= 0.6 is 11.3 Å². The van der Waals surface area contributed by atoms with E-state index in [0.29, 0.717) is 30.9 Å². The molecule has 0 saturated carbocycles. The summed E-state index contributed by atoms with van der Waals surface area (Å²) in [5.74, 6) is -0.684. The van der Waals surface area contributed by atoms with Crippen molar-refractivity contribution in [1.29, 1.82) is 0 Å². The molecule has 150 valence electrons. The van der Waals surface area contributed by atoms with E-state index in [-0.39, 0.29) is 18.4 Å². The summed E-state index contributed by atoms with van der Waals surface area (Å²) in [6, 6.07) is 10.6. The van der Waals surface area contributed by atoms with E-state index < -0.39 is 12.2 Å². The van der Waals surface area contributed by atoms with Crippen molar-refractivity contribution in [3.63, 3.8) is 0 Å². The van der Waals surface area contributed by atoms with Crippen LogP contribution in [0, 0.1) is 0 Å². The van der Waals surface area contributed by atoms with Gasteiger partial charge >= 0.3 is 6.09 Å². The monoisotopic (exact) mass is 413 g/mol. The summed E-state index contributed by atoms with van der Waals surface area (Å²) in [4.78, 5) is 42.5. The van der Waals surface area contributed by atoms with Gasteiger partial charge in [-0.25, -0.2) is 4.79 Å². The summed E-state index contributed by atoms with van der Waals surface area (Å²) in [5, 5.41) is 1.88. The Morgan fingerprint density at radius 2 is 1.59 bits per heavy atom. The van der Waals surface area contributed by atoms with Crippen molar-refractivity contribution in [2.24, 2.45) is 0 Å². The molecular formula is C20H19N3O5S. The third-order valence-electron chi connectivity index (χ3n) is 5.30. The topological polar surface area (TPSA) is 79.4 Å². The molecule has 3 aliphatic rings. The quantitative estimate of drug-likeness (QED) is 0.715. The smallest absolute Gasteiger partial charge is 0.415 e. The van der Waals surface area contributed by atoms with E-state index >= 15 is 0 Å². The summed E-state index contributed by atoms with van der Waals surface area (Å²) >= 11 is 1.52. The molecule has 0 aliphatic carbocycles. The number of nitrogens with zero attached hydrogens (tertiary/aromatic N) is 3. The fourth-order valence-corrected chi connectivity index (χ4v) is 4.88. The van der Waals surface area contributed by atoms with Crippen molar-refractivity contribution >= 4 is 39.2 Å². The van der Waals surface area contributed by atoms with Gasteiger partial charge in [0.15, 0.2) is 0 Å². The fourth-order valence-electron chi connectivity index (χ4n) is 3.82. The second-order valence-electron chi connectivity index (χ2n) is 7.09. The van der Waals surface area contributed by atoms with Crippen LogP contribution in [-0.4, -0.2) is 68.3 Å². The molecule has 0 spiro atoms. The Morgan fingerprint density at radius 3 is 2.28 bits per heavy atom. The molecule has 1 atom stereocenters. The molecule has 8 nitrogen and oxygen atoms in total. The van der Waals surface area contributed by atoms with Crippen LogP contribution in [0.1, 0.15) is 20.7 Å². The zero-order valence-electron chi connectivity index (χ0n) is 15.6. The van der Waals surface area contributed by atoms with Gasteiger partial charge < -0.3 is 14.4 Å². The second-order valence-corrected chi connectivity index (χ2v) is 8.13. The summed E-state index contributed by atoms with van der Waals surface area (Å²) in [6.07, 6.45) is -1.01. The number of hydrogen-bond acceptors (Lipinski definition) is 7. The lowest BCUT2D eigenvalue weighted by molar-refractivity contribution is 0.0558. The minimum atomic E-state index is -0.557. The van der Waals surface area contributed by atoms with Crippen molar-refractivity contribution in [2.45, 2.75) is 6.10 Å². The number of hydrogen-bond donors (Lipinski definition) is 0. The average molecular weight is 413 g/mol. The predicted molar refractivity (Wildman–Crippen MR) is 107 cm³/mol. The number of benzene rings is 1. The largest absolute Gasteiger partial charge is 0.442 e. The highest BCUT2D eigenvalue weighted by molar-refractivity contribution is 7.20. The number of fused-ring (bicyclic) bond motifs is 1. The van der Waals surface area contributed by atoms with Gasteiger partial charge in [0.1, 0.15) is 11.1 Å². The molecule has 1 aromatic heterocycles. The highest BCUT2D eigenvalue weighted by Gasteiger charge is 2.41. The Hall–Kier alpha value is -2.91. The van der Waals surface area contributed by atoms with Crippen LogP contribution in [-0.2, 0) is 9.47 Å². The minimum absolute atomic E-state index is 0.0519. The van der Waals surface area contributed by atoms with Crippen molar-refractivity contribution < 1.29 is 23.9 Å². The SMILES string of the molecule is O=C1c2ccccc2C(=O)N1CC1CN(c2ccc(N3CCOCC3)s2)C(=O)O1. The number of rotatable bonds is 4. The van der Waals surface area contributed by atoms with Crippen molar-refractivity contribution in [3.8, 4) is 0 Å². The van der Waals surface area contributed by atoms with Crippen molar-refractivity contribution in [3.05, 3.63) is 47.5 Å². The first-order valence-corrected chi connectivity index (χ1v) is 10.3.